The molecule has 0 aliphatic heterocycles. The molecule has 32 heteroatoms. The zero-order chi connectivity index (χ0) is 46.9. The van der Waals surface area contributed by atoms with Crippen molar-refractivity contribution in [3.05, 3.63) is 71.2 Å². The average molecular weight is 926 g/mol. The fourth-order valence-electron chi connectivity index (χ4n) is 4.29. The van der Waals surface area contributed by atoms with Crippen molar-refractivity contribution in [1.29, 1.82) is 0 Å². The van der Waals surface area contributed by atoms with Crippen LogP contribution < -0.4 is 20.9 Å². The lowest BCUT2D eigenvalue weighted by atomic mass is 9.72. The van der Waals surface area contributed by atoms with Crippen molar-refractivity contribution in [2.75, 3.05) is 11.5 Å². The van der Waals surface area contributed by atoms with Gasteiger partial charge in [-0.1, -0.05) is 12.1 Å². The van der Waals surface area contributed by atoms with E-state index in [2.05, 4.69) is 9.47 Å². The Morgan fingerprint density at radius 1 is 0.373 bits per heavy atom. The van der Waals surface area contributed by atoms with Crippen molar-refractivity contribution in [3.63, 3.8) is 0 Å². The van der Waals surface area contributed by atoms with Gasteiger partial charge in [-0.25, -0.2) is 0 Å². The Hall–Kier alpha value is -4.84. The van der Waals surface area contributed by atoms with E-state index in [0.717, 1.165) is 0 Å². The molecule has 336 valence electrons. The minimum atomic E-state index is -7.87. The smallest absolute Gasteiger partial charge is 0.427 e. The Bertz CT molecular complexity index is 1810. The highest BCUT2D eigenvalue weighted by Gasteiger charge is 2.85. The van der Waals surface area contributed by atoms with Gasteiger partial charge in [-0.05, 0) is 35.4 Å². The van der Waals surface area contributed by atoms with Crippen LogP contribution in [0.15, 0.2) is 60.1 Å². The van der Waals surface area contributed by atoms with Gasteiger partial charge in [-0.3, -0.25) is 0 Å². The van der Waals surface area contributed by atoms with E-state index in [0.29, 0.717) is 0 Å². The molecule has 0 saturated carbocycles. The number of nitrogen functional groups attached to an aromatic ring is 2. The monoisotopic (exact) mass is 926 g/mol. The molecular formula is C27H10F28N2O2. The number of ether oxygens (including phenoxy) is 2. The highest BCUT2D eigenvalue weighted by molar-refractivity contribution is 5.62. The van der Waals surface area contributed by atoms with E-state index in [1.165, 1.54) is 0 Å². The Kier molecular flexibility index (Phi) is 12.5. The fraction of sp³-hybridized carbons (Fsp3) is 0.407. The van der Waals surface area contributed by atoms with Gasteiger partial charge in [0.25, 0.3) is 0 Å². The van der Waals surface area contributed by atoms with E-state index >= 15 is 0 Å². The van der Waals surface area contributed by atoms with Gasteiger partial charge in [-0.2, -0.15) is 123 Å². The average Bonchev–Trinajstić information content (AvgIpc) is 3.03. The SMILES string of the molecule is Nc1cc(C(c2ccc(OC(F)=C(F)C(F)(F)C(F)(F)C(F)(F)C(F)(F)F)c(N)c2)(C(F)(F)F)C(F)(F)F)ccc1OC(F)=C(F)C(F)(F)C(F)(F)C(F)(F)C(F)(F)F. The lowest BCUT2D eigenvalue weighted by Gasteiger charge is -2.38. The van der Waals surface area contributed by atoms with Crippen LogP contribution in [0, 0.1) is 0 Å². The minimum absolute atomic E-state index is 0.452. The summed E-state index contributed by atoms with van der Waals surface area (Å²) in [5.74, 6) is -59.4. The second-order valence-electron chi connectivity index (χ2n) is 11.1. The molecule has 2 rings (SSSR count). The van der Waals surface area contributed by atoms with Crippen LogP contribution in [-0.4, -0.2) is 60.2 Å². The van der Waals surface area contributed by atoms with Crippen LogP contribution >= 0.6 is 0 Å². The third-order valence-electron chi connectivity index (χ3n) is 7.32. The van der Waals surface area contributed by atoms with Crippen LogP contribution in [0.25, 0.3) is 0 Å². The highest BCUT2D eigenvalue weighted by Crippen LogP contribution is 2.60. The number of hydrogen-bond acceptors (Lipinski definition) is 4. The van der Waals surface area contributed by atoms with Gasteiger partial charge in [-0.15, -0.1) is 0 Å². The summed E-state index contributed by atoms with van der Waals surface area (Å²) in [6.07, 6.45) is -28.8. The molecule has 0 aliphatic carbocycles. The molecule has 4 N–H and O–H groups in total. The zero-order valence-corrected chi connectivity index (χ0v) is 26.5. The van der Waals surface area contributed by atoms with Crippen LogP contribution in [-0.2, 0) is 5.41 Å². The molecule has 0 unspecified atom stereocenters. The van der Waals surface area contributed by atoms with Gasteiger partial charge in [0.05, 0.1) is 11.4 Å². The van der Waals surface area contributed by atoms with Gasteiger partial charge in [0.15, 0.2) is 11.5 Å². The number of hydrogen-bond donors (Lipinski definition) is 2. The normalized spacial score (nSPS) is 15.8. The van der Waals surface area contributed by atoms with Crippen molar-refractivity contribution >= 4 is 11.4 Å². The molecule has 0 heterocycles. The molecule has 0 atom stereocenters. The molecule has 4 nitrogen and oxygen atoms in total. The second kappa shape index (κ2) is 14.7. The zero-order valence-electron chi connectivity index (χ0n) is 26.5. The first-order valence-corrected chi connectivity index (χ1v) is 13.7. The van der Waals surface area contributed by atoms with Gasteiger partial charge in [0, 0.05) is 0 Å². The number of anilines is 2. The first kappa shape index (κ1) is 50.3. The fourth-order valence-corrected chi connectivity index (χ4v) is 4.29. The highest BCUT2D eigenvalue weighted by atomic mass is 19.4. The summed E-state index contributed by atoms with van der Waals surface area (Å²) in [7, 11) is 0. The summed E-state index contributed by atoms with van der Waals surface area (Å²) >= 11 is 0. The minimum Gasteiger partial charge on any atom is -0.427 e. The van der Waals surface area contributed by atoms with Crippen molar-refractivity contribution in [2.24, 2.45) is 0 Å². The van der Waals surface area contributed by atoms with Crippen molar-refractivity contribution in [2.45, 2.75) is 65.7 Å². The summed E-state index contributed by atoms with van der Waals surface area (Å²) in [4.78, 5) is 0. The Morgan fingerprint density at radius 2 is 0.627 bits per heavy atom. The van der Waals surface area contributed by atoms with Crippen molar-refractivity contribution in [1.82, 2.24) is 0 Å². The third-order valence-corrected chi connectivity index (χ3v) is 7.32. The van der Waals surface area contributed by atoms with Crippen LogP contribution in [0.1, 0.15) is 11.1 Å². The summed E-state index contributed by atoms with van der Waals surface area (Å²) in [6.45, 7) is 0. The van der Waals surface area contributed by atoms with Crippen molar-refractivity contribution in [3.8, 4) is 11.5 Å². The van der Waals surface area contributed by atoms with E-state index < -0.39 is 160 Å². The summed E-state index contributed by atoms with van der Waals surface area (Å²) < 4.78 is 384. The molecule has 2 aromatic carbocycles. The van der Waals surface area contributed by atoms with Crippen LogP contribution in [0.5, 0.6) is 11.5 Å². The topological polar surface area (TPSA) is 70.5 Å². The Morgan fingerprint density at radius 3 is 0.831 bits per heavy atom. The molecule has 2 aromatic rings. The van der Waals surface area contributed by atoms with E-state index in [9.17, 15) is 123 Å². The van der Waals surface area contributed by atoms with Crippen LogP contribution in [0.4, 0.5) is 134 Å². The second-order valence-corrected chi connectivity index (χ2v) is 11.1. The standard InChI is InChI=1S/C27H10F28N2O2/c28-13(18(32,33)20(36,37)22(40,41)26(50,51)52)15(30)58-11-3-1-7(5-9(11)56)17(24(44,45)46,25(47,48)49)8-2-4-12(10(57)6-8)59-16(31)14(29)19(34,35)21(38,39)23(42,43)27(53,54)55/h1-6H,56-57H2. The molecule has 0 radical (unpaired) electrons. The number of allylic oxidation sites excluding steroid dienone is 2. The number of alkyl halides is 24. The van der Waals surface area contributed by atoms with Crippen LogP contribution in [0.2, 0.25) is 0 Å². The molecule has 0 fully saturated rings. The Labute approximate surface area is 304 Å². The van der Waals surface area contributed by atoms with E-state index in [4.69, 9.17) is 11.5 Å². The Balaban J connectivity index is 2.75. The molecule has 0 spiro atoms. The summed E-state index contributed by atoms with van der Waals surface area (Å²) in [5.41, 5.74) is -3.91. The van der Waals surface area contributed by atoms with Crippen LogP contribution in [0.3, 0.4) is 0 Å². The van der Waals surface area contributed by atoms with Gasteiger partial charge in [0.1, 0.15) is 0 Å². The lowest BCUT2D eigenvalue weighted by molar-refractivity contribution is -0.392. The molecule has 59 heavy (non-hydrogen) atoms. The van der Waals surface area contributed by atoms with Gasteiger partial charge >= 0.3 is 72.3 Å². The predicted octanol–water partition coefficient (Wildman–Crippen LogP) is 12.2. The third kappa shape index (κ3) is 7.85. The molecule has 0 aliphatic rings. The molecule has 0 saturated heterocycles. The lowest BCUT2D eigenvalue weighted by Crippen LogP contribution is -2.61. The summed E-state index contributed by atoms with van der Waals surface area (Å²) in [5, 5.41) is 0. The molecule has 0 amide bonds. The summed E-state index contributed by atoms with van der Waals surface area (Å²) in [6, 6.07) is -11.0. The largest absolute Gasteiger partial charge is 0.460 e. The quantitative estimate of drug-likeness (QED) is 0.126. The predicted molar refractivity (Wildman–Crippen MR) is 136 cm³/mol. The number of halogens is 28. The van der Waals surface area contributed by atoms with Crippen molar-refractivity contribution < 1.29 is 132 Å². The molecule has 0 bridgehead atoms. The van der Waals surface area contributed by atoms with Gasteiger partial charge in [0.2, 0.25) is 17.1 Å². The van der Waals surface area contributed by atoms with Gasteiger partial charge < -0.3 is 20.9 Å². The maximum absolute atomic E-state index is 14.5. The number of rotatable bonds is 12. The van der Waals surface area contributed by atoms with E-state index in [1.807, 2.05) is 0 Å². The maximum atomic E-state index is 14.5. The molecular weight excluding hydrogens is 916 g/mol. The van der Waals surface area contributed by atoms with E-state index in [1.54, 1.807) is 0 Å². The molecule has 0 aromatic heterocycles. The number of benzene rings is 2. The first-order valence-electron chi connectivity index (χ1n) is 13.7. The first-order chi connectivity index (χ1) is 25.9. The maximum Gasteiger partial charge on any atom is 0.460 e. The number of nitrogens with two attached hydrogens (primary N) is 2. The van der Waals surface area contributed by atoms with E-state index in [-0.39, 0.29) is 0 Å².